The Morgan fingerprint density at radius 3 is 2.95 bits per heavy atom. The number of nitrogens with one attached hydrogen (secondary N) is 1. The molecule has 1 aliphatic rings. The molecule has 0 bridgehead atoms. The topological polar surface area (TPSA) is 34.2 Å². The first-order valence-corrected chi connectivity index (χ1v) is 7.77. The van der Waals surface area contributed by atoms with Crippen molar-refractivity contribution < 1.29 is 4.74 Å². The maximum Gasteiger partial charge on any atom is 0.0538 e. The second-order valence-electron chi connectivity index (χ2n) is 6.02. The fraction of sp³-hybridized carbons (Fsp3) is 0.667. The molecule has 3 nitrogen and oxygen atoms in total. The molecule has 0 spiro atoms. The van der Waals surface area contributed by atoms with E-state index in [9.17, 15) is 0 Å². The summed E-state index contributed by atoms with van der Waals surface area (Å²) in [6.07, 6.45) is 5.96. The van der Waals surface area contributed by atoms with E-state index in [1.807, 2.05) is 12.4 Å². The number of hydrogen-bond donors (Lipinski definition) is 1. The van der Waals surface area contributed by atoms with E-state index in [-0.39, 0.29) is 5.41 Å². The lowest BCUT2D eigenvalue weighted by molar-refractivity contribution is 0.148. The van der Waals surface area contributed by atoms with E-state index < -0.39 is 0 Å². The molecule has 0 radical (unpaired) electrons. The second-order valence-corrected chi connectivity index (χ2v) is 6.93. The summed E-state index contributed by atoms with van der Waals surface area (Å²) in [7, 11) is 0. The number of hydrogen-bond acceptors (Lipinski definition) is 3. The summed E-state index contributed by atoms with van der Waals surface area (Å²) in [5.74, 6) is 0.687. The van der Waals surface area contributed by atoms with Crippen molar-refractivity contribution in [2.45, 2.75) is 26.7 Å². The number of rotatable bonds is 6. The van der Waals surface area contributed by atoms with Crippen LogP contribution < -0.4 is 5.32 Å². The lowest BCUT2D eigenvalue weighted by Gasteiger charge is -2.28. The third-order valence-corrected chi connectivity index (χ3v) is 4.01. The van der Waals surface area contributed by atoms with Crippen LogP contribution in [0.5, 0.6) is 0 Å². The molecular weight excluding hydrogens is 304 g/mol. The summed E-state index contributed by atoms with van der Waals surface area (Å²) in [6, 6.07) is 2.16. The smallest absolute Gasteiger partial charge is 0.0538 e. The number of halogens is 1. The quantitative estimate of drug-likeness (QED) is 0.872. The number of nitrogens with zero attached hydrogens (tertiary/aromatic N) is 1. The predicted octanol–water partition coefficient (Wildman–Crippen LogP) is 3.04. The molecule has 1 aliphatic heterocycles. The van der Waals surface area contributed by atoms with Gasteiger partial charge >= 0.3 is 0 Å². The van der Waals surface area contributed by atoms with Gasteiger partial charge in [0.15, 0.2) is 0 Å². The Morgan fingerprint density at radius 1 is 1.47 bits per heavy atom. The molecule has 1 unspecified atom stereocenters. The van der Waals surface area contributed by atoms with Gasteiger partial charge in [-0.05, 0) is 52.9 Å². The van der Waals surface area contributed by atoms with Gasteiger partial charge in [0.1, 0.15) is 0 Å². The van der Waals surface area contributed by atoms with Crippen LogP contribution in [0.25, 0.3) is 0 Å². The van der Waals surface area contributed by atoms with Crippen molar-refractivity contribution in [3.05, 3.63) is 28.5 Å². The molecule has 0 aliphatic carbocycles. The van der Waals surface area contributed by atoms with Crippen LogP contribution in [0.1, 0.15) is 25.8 Å². The van der Waals surface area contributed by atoms with Gasteiger partial charge < -0.3 is 10.1 Å². The fourth-order valence-corrected chi connectivity index (χ4v) is 3.01. The fourth-order valence-electron chi connectivity index (χ4n) is 2.60. The maximum absolute atomic E-state index is 5.65. The molecular formula is C15H23BrN2O. The highest BCUT2D eigenvalue weighted by atomic mass is 79.9. The zero-order valence-electron chi connectivity index (χ0n) is 11.8. The average molecular weight is 327 g/mol. The molecule has 0 saturated carbocycles. The first-order valence-electron chi connectivity index (χ1n) is 6.98. The van der Waals surface area contributed by atoms with Gasteiger partial charge in [0.25, 0.3) is 0 Å². The molecule has 1 N–H and O–H groups in total. The van der Waals surface area contributed by atoms with Crippen LogP contribution in [0.2, 0.25) is 0 Å². The molecule has 1 atom stereocenters. The molecule has 1 aromatic heterocycles. The van der Waals surface area contributed by atoms with Crippen LogP contribution in [-0.4, -0.2) is 31.3 Å². The SMILES string of the molecule is CC(C)CNCC1(Cc2cncc(Br)c2)CCOC1. The van der Waals surface area contributed by atoms with Gasteiger partial charge in [-0.3, -0.25) is 4.98 Å². The molecule has 2 heterocycles. The largest absolute Gasteiger partial charge is 0.381 e. The van der Waals surface area contributed by atoms with E-state index in [2.05, 4.69) is 46.1 Å². The van der Waals surface area contributed by atoms with Gasteiger partial charge in [0.2, 0.25) is 0 Å². The van der Waals surface area contributed by atoms with Gasteiger partial charge in [-0.25, -0.2) is 0 Å². The molecule has 1 fully saturated rings. The normalized spacial score (nSPS) is 23.2. The van der Waals surface area contributed by atoms with Crippen LogP contribution in [0.3, 0.4) is 0 Å². The van der Waals surface area contributed by atoms with Crippen molar-refractivity contribution >= 4 is 15.9 Å². The van der Waals surface area contributed by atoms with Gasteiger partial charge in [0, 0.05) is 35.4 Å². The highest BCUT2D eigenvalue weighted by molar-refractivity contribution is 9.10. The van der Waals surface area contributed by atoms with Crippen molar-refractivity contribution in [2.75, 3.05) is 26.3 Å². The Bertz CT molecular complexity index is 403. The molecule has 4 heteroatoms. The molecule has 106 valence electrons. The summed E-state index contributed by atoms with van der Waals surface area (Å²) >= 11 is 3.49. The van der Waals surface area contributed by atoms with E-state index in [1.165, 1.54) is 5.56 Å². The third kappa shape index (κ3) is 4.55. The molecule has 19 heavy (non-hydrogen) atoms. The van der Waals surface area contributed by atoms with Crippen LogP contribution in [-0.2, 0) is 11.2 Å². The van der Waals surface area contributed by atoms with Crippen molar-refractivity contribution in [3.63, 3.8) is 0 Å². The minimum absolute atomic E-state index is 0.233. The Hall–Kier alpha value is -0.450. The average Bonchev–Trinajstić information content (AvgIpc) is 2.77. The van der Waals surface area contributed by atoms with Crippen LogP contribution in [0.4, 0.5) is 0 Å². The van der Waals surface area contributed by atoms with Crippen LogP contribution in [0, 0.1) is 11.3 Å². The minimum Gasteiger partial charge on any atom is -0.381 e. The van der Waals surface area contributed by atoms with Gasteiger partial charge in [-0.1, -0.05) is 13.8 Å². The number of ether oxygens (including phenoxy) is 1. The highest BCUT2D eigenvalue weighted by Gasteiger charge is 2.34. The van der Waals surface area contributed by atoms with Crippen LogP contribution in [0.15, 0.2) is 22.9 Å². The standard InChI is InChI=1S/C15H23BrN2O/c1-12(2)7-18-10-15(3-4-19-11-15)6-13-5-14(16)9-17-8-13/h5,8-9,12,18H,3-4,6-7,10-11H2,1-2H3. The summed E-state index contributed by atoms with van der Waals surface area (Å²) in [4.78, 5) is 4.26. The van der Waals surface area contributed by atoms with Crippen molar-refractivity contribution in [1.82, 2.24) is 10.3 Å². The van der Waals surface area contributed by atoms with Gasteiger partial charge in [-0.2, -0.15) is 0 Å². The molecule has 0 amide bonds. The van der Waals surface area contributed by atoms with E-state index in [1.54, 1.807) is 0 Å². The van der Waals surface area contributed by atoms with E-state index >= 15 is 0 Å². The predicted molar refractivity (Wildman–Crippen MR) is 81.2 cm³/mol. The molecule has 1 saturated heterocycles. The van der Waals surface area contributed by atoms with Crippen LogP contribution >= 0.6 is 15.9 Å². The summed E-state index contributed by atoms with van der Waals surface area (Å²) in [5.41, 5.74) is 1.52. The van der Waals surface area contributed by atoms with Crippen molar-refractivity contribution in [2.24, 2.45) is 11.3 Å². The summed E-state index contributed by atoms with van der Waals surface area (Å²) in [5, 5.41) is 3.59. The first kappa shape index (κ1) is 14.9. The molecule has 2 rings (SSSR count). The monoisotopic (exact) mass is 326 g/mol. The highest BCUT2D eigenvalue weighted by Crippen LogP contribution is 2.32. The zero-order valence-corrected chi connectivity index (χ0v) is 13.4. The Morgan fingerprint density at radius 2 is 2.32 bits per heavy atom. The lowest BCUT2D eigenvalue weighted by Crippen LogP contribution is -2.38. The molecule has 0 aromatic carbocycles. The minimum atomic E-state index is 0.233. The third-order valence-electron chi connectivity index (χ3n) is 3.58. The van der Waals surface area contributed by atoms with Gasteiger partial charge in [0.05, 0.1) is 6.61 Å². The van der Waals surface area contributed by atoms with E-state index in [0.717, 1.165) is 43.6 Å². The second kappa shape index (κ2) is 6.82. The first-order chi connectivity index (χ1) is 9.10. The molecule has 1 aromatic rings. The van der Waals surface area contributed by atoms with E-state index in [4.69, 9.17) is 4.74 Å². The number of pyridine rings is 1. The van der Waals surface area contributed by atoms with Crippen molar-refractivity contribution in [1.29, 1.82) is 0 Å². The number of aromatic nitrogens is 1. The Kier molecular flexibility index (Phi) is 5.37. The summed E-state index contributed by atoms with van der Waals surface area (Å²) in [6.45, 7) is 8.30. The van der Waals surface area contributed by atoms with Crippen molar-refractivity contribution in [3.8, 4) is 0 Å². The Balaban J connectivity index is 1.99. The Labute approximate surface area is 124 Å². The maximum atomic E-state index is 5.65. The van der Waals surface area contributed by atoms with E-state index in [0.29, 0.717) is 5.92 Å². The lowest BCUT2D eigenvalue weighted by atomic mass is 9.81. The van der Waals surface area contributed by atoms with Gasteiger partial charge in [-0.15, -0.1) is 0 Å². The summed E-state index contributed by atoms with van der Waals surface area (Å²) < 4.78 is 6.70. The zero-order chi connectivity index (χ0) is 13.7.